The van der Waals surface area contributed by atoms with E-state index >= 15 is 0 Å². The molecule has 1 aliphatic rings. The van der Waals surface area contributed by atoms with E-state index in [1.54, 1.807) is 6.92 Å². The van der Waals surface area contributed by atoms with Crippen LogP contribution < -0.4 is 5.73 Å². The van der Waals surface area contributed by atoms with Crippen molar-refractivity contribution in [3.63, 3.8) is 0 Å². The lowest BCUT2D eigenvalue weighted by molar-refractivity contribution is -0.136. The molecule has 0 radical (unpaired) electrons. The maximum absolute atomic E-state index is 12.2. The van der Waals surface area contributed by atoms with Crippen LogP contribution in [0.1, 0.15) is 40.5 Å². The van der Waals surface area contributed by atoms with Crippen molar-refractivity contribution in [1.29, 1.82) is 0 Å². The van der Waals surface area contributed by atoms with Crippen LogP contribution in [0.25, 0.3) is 0 Å². The Bertz CT molecular complexity index is 336. The number of hydrogen-bond acceptors (Lipinski definition) is 3. The molecule has 1 fully saturated rings. The second-order valence-corrected chi connectivity index (χ2v) is 6.10. The van der Waals surface area contributed by atoms with Gasteiger partial charge in [-0.2, -0.15) is 0 Å². The van der Waals surface area contributed by atoms with E-state index in [0.717, 1.165) is 39.0 Å². The molecule has 0 aromatic rings. The maximum atomic E-state index is 12.2. The number of carbonyl (C=O) groups excluding carboxylic acids is 2. The van der Waals surface area contributed by atoms with E-state index in [0.29, 0.717) is 5.92 Å². The lowest BCUT2D eigenvalue weighted by Gasteiger charge is -2.36. The number of amides is 2. The summed E-state index contributed by atoms with van der Waals surface area (Å²) in [5.74, 6) is 0.872. The standard InChI is InChI=1S/C15H29N3O2/c1-5-17(12(4)19)10-13-6-8-18(9-7-13)15(20)14(16)11(2)3/h11,13-14H,5-10,16H2,1-4H3/t14-/m0/s1. The highest BCUT2D eigenvalue weighted by Crippen LogP contribution is 2.19. The molecule has 1 saturated heterocycles. The Morgan fingerprint density at radius 2 is 1.85 bits per heavy atom. The maximum Gasteiger partial charge on any atom is 0.239 e. The number of hydrogen-bond donors (Lipinski definition) is 1. The number of nitrogens with zero attached hydrogens (tertiary/aromatic N) is 2. The van der Waals surface area contributed by atoms with Gasteiger partial charge in [-0.1, -0.05) is 13.8 Å². The van der Waals surface area contributed by atoms with E-state index in [4.69, 9.17) is 5.73 Å². The fourth-order valence-electron chi connectivity index (χ4n) is 2.62. The van der Waals surface area contributed by atoms with Crippen molar-refractivity contribution in [3.8, 4) is 0 Å². The minimum Gasteiger partial charge on any atom is -0.343 e. The van der Waals surface area contributed by atoms with Gasteiger partial charge in [-0.3, -0.25) is 9.59 Å². The first-order chi connectivity index (χ1) is 9.36. The third-order valence-electron chi connectivity index (χ3n) is 4.24. The quantitative estimate of drug-likeness (QED) is 0.821. The lowest BCUT2D eigenvalue weighted by atomic mass is 9.94. The first kappa shape index (κ1) is 17.0. The zero-order chi connectivity index (χ0) is 15.3. The summed E-state index contributed by atoms with van der Waals surface area (Å²) in [6, 6.07) is -0.393. The van der Waals surface area contributed by atoms with Crippen LogP contribution >= 0.6 is 0 Å². The number of piperidine rings is 1. The first-order valence-corrected chi connectivity index (χ1v) is 7.66. The van der Waals surface area contributed by atoms with E-state index in [2.05, 4.69) is 0 Å². The molecule has 1 aliphatic heterocycles. The molecular weight excluding hydrogens is 254 g/mol. The molecule has 2 amide bonds. The summed E-state index contributed by atoms with van der Waals surface area (Å²) in [6.45, 7) is 10.7. The highest BCUT2D eigenvalue weighted by Gasteiger charge is 2.28. The van der Waals surface area contributed by atoms with E-state index < -0.39 is 6.04 Å². The van der Waals surface area contributed by atoms with Gasteiger partial charge >= 0.3 is 0 Å². The fourth-order valence-corrected chi connectivity index (χ4v) is 2.62. The van der Waals surface area contributed by atoms with Crippen molar-refractivity contribution < 1.29 is 9.59 Å². The molecule has 1 heterocycles. The van der Waals surface area contributed by atoms with Crippen LogP contribution in [0.4, 0.5) is 0 Å². The van der Waals surface area contributed by atoms with E-state index in [1.807, 2.05) is 30.6 Å². The molecule has 0 unspecified atom stereocenters. The molecule has 5 nitrogen and oxygen atoms in total. The topological polar surface area (TPSA) is 66.6 Å². The second-order valence-electron chi connectivity index (χ2n) is 6.10. The Balaban J connectivity index is 2.44. The smallest absolute Gasteiger partial charge is 0.239 e. The van der Waals surface area contributed by atoms with Crippen LogP contribution in [0, 0.1) is 11.8 Å². The van der Waals surface area contributed by atoms with Crippen LogP contribution in [-0.2, 0) is 9.59 Å². The van der Waals surface area contributed by atoms with Crippen molar-refractivity contribution >= 4 is 11.8 Å². The minimum absolute atomic E-state index is 0.0670. The first-order valence-electron chi connectivity index (χ1n) is 7.66. The Labute approximate surface area is 122 Å². The Kier molecular flexibility index (Phi) is 6.46. The van der Waals surface area contributed by atoms with Gasteiger partial charge in [0, 0.05) is 33.1 Å². The summed E-state index contributed by atoms with van der Waals surface area (Å²) in [7, 11) is 0. The van der Waals surface area contributed by atoms with Crippen molar-refractivity contribution in [2.24, 2.45) is 17.6 Å². The summed E-state index contributed by atoms with van der Waals surface area (Å²) in [4.78, 5) is 27.4. The fraction of sp³-hybridized carbons (Fsp3) is 0.867. The SMILES string of the molecule is CCN(CC1CCN(C(=O)[C@@H](N)C(C)C)CC1)C(C)=O. The van der Waals surface area contributed by atoms with Gasteiger partial charge in [0.05, 0.1) is 6.04 Å². The van der Waals surface area contributed by atoms with Gasteiger partial charge in [0.1, 0.15) is 0 Å². The molecule has 0 spiro atoms. The normalized spacial score (nSPS) is 18.2. The predicted octanol–water partition coefficient (Wildman–Crippen LogP) is 1.08. The van der Waals surface area contributed by atoms with Gasteiger partial charge in [0.2, 0.25) is 11.8 Å². The second kappa shape index (κ2) is 7.62. The van der Waals surface area contributed by atoms with Crippen LogP contribution in [0.3, 0.4) is 0 Å². The lowest BCUT2D eigenvalue weighted by Crippen LogP contribution is -2.50. The van der Waals surface area contributed by atoms with E-state index in [1.165, 1.54) is 0 Å². The molecule has 20 heavy (non-hydrogen) atoms. The van der Waals surface area contributed by atoms with Gasteiger partial charge in [0.25, 0.3) is 0 Å². The van der Waals surface area contributed by atoms with Gasteiger partial charge in [-0.15, -0.1) is 0 Å². The molecule has 0 bridgehead atoms. The number of carbonyl (C=O) groups is 2. The highest BCUT2D eigenvalue weighted by atomic mass is 16.2. The van der Waals surface area contributed by atoms with Gasteiger partial charge in [-0.25, -0.2) is 0 Å². The summed E-state index contributed by atoms with van der Waals surface area (Å²) in [6.07, 6.45) is 1.92. The summed E-state index contributed by atoms with van der Waals surface area (Å²) >= 11 is 0. The molecule has 1 atom stereocenters. The third-order valence-corrected chi connectivity index (χ3v) is 4.24. The number of rotatable bonds is 5. The average Bonchev–Trinajstić information content (AvgIpc) is 2.43. The Morgan fingerprint density at radius 1 is 1.30 bits per heavy atom. The summed E-state index contributed by atoms with van der Waals surface area (Å²) in [5.41, 5.74) is 5.92. The van der Waals surface area contributed by atoms with Crippen LogP contribution in [0.15, 0.2) is 0 Å². The average molecular weight is 283 g/mol. The van der Waals surface area contributed by atoms with Crippen LogP contribution in [-0.4, -0.2) is 53.8 Å². The molecule has 1 rings (SSSR count). The van der Waals surface area contributed by atoms with Crippen molar-refractivity contribution in [3.05, 3.63) is 0 Å². The number of nitrogens with two attached hydrogens (primary N) is 1. The summed E-state index contributed by atoms with van der Waals surface area (Å²) in [5, 5.41) is 0. The molecule has 0 saturated carbocycles. The molecule has 116 valence electrons. The van der Waals surface area contributed by atoms with Gasteiger partial charge in [-0.05, 0) is 31.6 Å². The van der Waals surface area contributed by atoms with Crippen molar-refractivity contribution in [1.82, 2.24) is 9.80 Å². The zero-order valence-electron chi connectivity index (χ0n) is 13.3. The van der Waals surface area contributed by atoms with E-state index in [-0.39, 0.29) is 17.7 Å². The molecule has 0 aromatic heterocycles. The highest BCUT2D eigenvalue weighted by molar-refractivity contribution is 5.82. The number of likely N-dealkylation sites (tertiary alicyclic amines) is 1. The molecule has 0 aromatic carbocycles. The van der Waals surface area contributed by atoms with E-state index in [9.17, 15) is 9.59 Å². The van der Waals surface area contributed by atoms with Crippen molar-refractivity contribution in [2.75, 3.05) is 26.2 Å². The Morgan fingerprint density at radius 3 is 2.25 bits per heavy atom. The molecule has 2 N–H and O–H groups in total. The van der Waals surface area contributed by atoms with Gasteiger partial charge < -0.3 is 15.5 Å². The monoisotopic (exact) mass is 283 g/mol. The minimum atomic E-state index is -0.393. The predicted molar refractivity (Wildman–Crippen MR) is 80.0 cm³/mol. The largest absolute Gasteiger partial charge is 0.343 e. The molecule has 0 aliphatic carbocycles. The zero-order valence-corrected chi connectivity index (χ0v) is 13.3. The molecular formula is C15H29N3O2. The van der Waals surface area contributed by atoms with Crippen LogP contribution in [0.2, 0.25) is 0 Å². The Hall–Kier alpha value is -1.10. The van der Waals surface area contributed by atoms with Crippen LogP contribution in [0.5, 0.6) is 0 Å². The summed E-state index contributed by atoms with van der Waals surface area (Å²) < 4.78 is 0. The van der Waals surface area contributed by atoms with Gasteiger partial charge in [0.15, 0.2) is 0 Å². The molecule has 5 heteroatoms. The van der Waals surface area contributed by atoms with Crippen molar-refractivity contribution in [2.45, 2.75) is 46.6 Å². The third kappa shape index (κ3) is 4.47.